The maximum atomic E-state index is 13.9. The first-order valence-electron chi connectivity index (χ1n) is 14.3. The minimum absolute atomic E-state index is 0.0320. The van der Waals surface area contributed by atoms with E-state index in [-0.39, 0.29) is 33.4 Å². The molecule has 0 heterocycles. The van der Waals surface area contributed by atoms with Gasteiger partial charge >= 0.3 is 12.4 Å². The summed E-state index contributed by atoms with van der Waals surface area (Å²) in [4.78, 5) is 0. The molecular formula is C37H14F6N8O. The Balaban J connectivity index is 2.14. The maximum Gasteiger partial charge on any atom is 0.417 e. The van der Waals surface area contributed by atoms with Crippen LogP contribution in [-0.4, -0.2) is 5.11 Å². The minimum atomic E-state index is -5.05. The van der Waals surface area contributed by atoms with Gasteiger partial charge in [-0.1, -0.05) is 18.2 Å². The molecule has 1 N–H and O–H groups in total. The number of fused-ring (bicyclic) bond motifs is 1. The molecule has 9 nitrogen and oxygen atoms in total. The number of nitrogens with zero attached hydrogens (tertiary/aromatic N) is 8. The third-order valence-corrected chi connectivity index (χ3v) is 8.01. The summed E-state index contributed by atoms with van der Waals surface area (Å²) in [6.07, 6.45) is -7.95. The van der Waals surface area contributed by atoms with Gasteiger partial charge in [0.1, 0.15) is 41.0 Å². The molecule has 15 heteroatoms. The van der Waals surface area contributed by atoms with Gasteiger partial charge in [0.25, 0.3) is 0 Å². The lowest BCUT2D eigenvalue weighted by Crippen LogP contribution is -2.21. The molecule has 3 aromatic rings. The highest BCUT2D eigenvalue weighted by Gasteiger charge is 2.39. The predicted octanol–water partition coefficient (Wildman–Crippen LogP) is 8.30. The predicted molar refractivity (Wildman–Crippen MR) is 167 cm³/mol. The van der Waals surface area contributed by atoms with Crippen LogP contribution in [0.3, 0.4) is 0 Å². The van der Waals surface area contributed by atoms with Crippen molar-refractivity contribution in [2.24, 2.45) is 5.92 Å². The van der Waals surface area contributed by atoms with Gasteiger partial charge in [0.15, 0.2) is 0 Å². The van der Waals surface area contributed by atoms with Crippen LogP contribution in [0.15, 0.2) is 60.2 Å². The average molecular weight is 701 g/mol. The Morgan fingerprint density at radius 2 is 1.29 bits per heavy atom. The smallest absolute Gasteiger partial charge is 0.417 e. The SMILES string of the molecule is N#CC(C#N)=Cc1cc2c(cc1/C(C#N)=C(\O)c1ccc(C#N)c(C(F)(F)F)c1)C(C#N)C=C(c1ccc(C#N)c(C(F)(F)F)c1)C2C(C#N)C#N. The van der Waals surface area contributed by atoms with Crippen LogP contribution in [0.5, 0.6) is 0 Å². The molecule has 0 aliphatic heterocycles. The third-order valence-electron chi connectivity index (χ3n) is 8.01. The van der Waals surface area contributed by atoms with Crippen LogP contribution in [0.25, 0.3) is 23.0 Å². The van der Waals surface area contributed by atoms with E-state index in [4.69, 9.17) is 5.26 Å². The minimum Gasteiger partial charge on any atom is -0.506 e. The molecule has 0 amide bonds. The summed E-state index contributed by atoms with van der Waals surface area (Å²) in [6, 6.07) is 20.2. The van der Waals surface area contributed by atoms with Gasteiger partial charge in [-0.3, -0.25) is 0 Å². The molecule has 1 aliphatic rings. The molecule has 0 aromatic heterocycles. The molecule has 52 heavy (non-hydrogen) atoms. The Hall–Kier alpha value is -7.82. The summed E-state index contributed by atoms with van der Waals surface area (Å²) in [5.74, 6) is -5.46. The van der Waals surface area contributed by atoms with Crippen LogP contribution in [0.1, 0.15) is 67.5 Å². The van der Waals surface area contributed by atoms with Crippen molar-refractivity contribution in [1.29, 1.82) is 42.1 Å². The molecule has 3 aromatic carbocycles. The quantitative estimate of drug-likeness (QED) is 0.117. The number of alkyl halides is 6. The molecule has 1 aliphatic carbocycles. The van der Waals surface area contributed by atoms with Crippen molar-refractivity contribution in [3.63, 3.8) is 0 Å². The highest BCUT2D eigenvalue weighted by molar-refractivity contribution is 5.97. The van der Waals surface area contributed by atoms with Crippen molar-refractivity contribution in [1.82, 2.24) is 0 Å². The van der Waals surface area contributed by atoms with Crippen LogP contribution < -0.4 is 0 Å². The summed E-state index contributed by atoms with van der Waals surface area (Å²) in [7, 11) is 0. The summed E-state index contributed by atoms with van der Waals surface area (Å²) >= 11 is 0. The fourth-order valence-electron chi connectivity index (χ4n) is 5.70. The average Bonchev–Trinajstić information content (AvgIpc) is 3.13. The number of allylic oxidation sites excluding steroid dienone is 4. The summed E-state index contributed by atoms with van der Waals surface area (Å²) in [5, 5.41) is 89.1. The van der Waals surface area contributed by atoms with Crippen LogP contribution in [0, 0.1) is 96.6 Å². The van der Waals surface area contributed by atoms with Crippen molar-refractivity contribution in [2.75, 3.05) is 0 Å². The Bertz CT molecular complexity index is 2440. The molecule has 250 valence electrons. The fourth-order valence-corrected chi connectivity index (χ4v) is 5.70. The zero-order valence-corrected chi connectivity index (χ0v) is 25.8. The molecule has 0 saturated heterocycles. The van der Waals surface area contributed by atoms with Gasteiger partial charge in [0.2, 0.25) is 0 Å². The molecule has 0 fully saturated rings. The van der Waals surface area contributed by atoms with Crippen molar-refractivity contribution in [3.8, 4) is 48.6 Å². The topological polar surface area (TPSA) is 211 Å². The number of hydrogen-bond donors (Lipinski definition) is 1. The van der Waals surface area contributed by atoms with Crippen molar-refractivity contribution >= 4 is 23.0 Å². The van der Waals surface area contributed by atoms with E-state index in [1.54, 1.807) is 30.3 Å². The molecule has 0 radical (unpaired) electrons. The summed E-state index contributed by atoms with van der Waals surface area (Å²) in [6.45, 7) is 0. The van der Waals surface area contributed by atoms with Gasteiger partial charge in [0, 0.05) is 17.0 Å². The van der Waals surface area contributed by atoms with E-state index in [9.17, 15) is 68.3 Å². The van der Waals surface area contributed by atoms with Gasteiger partial charge < -0.3 is 5.11 Å². The van der Waals surface area contributed by atoms with Gasteiger partial charge in [-0.2, -0.15) is 68.4 Å². The third kappa shape index (κ3) is 6.85. The maximum absolute atomic E-state index is 13.9. The first kappa shape index (κ1) is 37.0. The molecule has 2 unspecified atom stereocenters. The Morgan fingerprint density at radius 3 is 1.79 bits per heavy atom. The summed E-state index contributed by atoms with van der Waals surface area (Å²) in [5.41, 5.74) is -7.07. The second-order valence-corrected chi connectivity index (χ2v) is 10.9. The molecule has 0 saturated carbocycles. The lowest BCUT2D eigenvalue weighted by Gasteiger charge is -2.32. The van der Waals surface area contributed by atoms with E-state index in [0.29, 0.717) is 12.1 Å². The molecule has 0 spiro atoms. The van der Waals surface area contributed by atoms with Gasteiger partial charge in [0.05, 0.1) is 58.5 Å². The monoisotopic (exact) mass is 700 g/mol. The van der Waals surface area contributed by atoms with Crippen molar-refractivity contribution < 1.29 is 31.4 Å². The summed E-state index contributed by atoms with van der Waals surface area (Å²) < 4.78 is 83.1. The zero-order chi connectivity index (χ0) is 38.5. The fraction of sp³-hybridized carbons (Fsp3) is 0.135. The largest absolute Gasteiger partial charge is 0.506 e. The normalized spacial score (nSPS) is 15.2. The van der Waals surface area contributed by atoms with Crippen LogP contribution >= 0.6 is 0 Å². The van der Waals surface area contributed by atoms with E-state index in [1.807, 2.05) is 6.07 Å². The van der Waals surface area contributed by atoms with Crippen LogP contribution in [0.2, 0.25) is 0 Å². The first-order valence-corrected chi connectivity index (χ1v) is 14.3. The van der Waals surface area contributed by atoms with E-state index < -0.39 is 74.8 Å². The van der Waals surface area contributed by atoms with Crippen molar-refractivity contribution in [2.45, 2.75) is 24.2 Å². The number of rotatable bonds is 5. The number of aliphatic hydroxyl groups excluding tert-OH is 1. The number of benzene rings is 3. The van der Waals surface area contributed by atoms with E-state index in [2.05, 4.69) is 0 Å². The lowest BCUT2D eigenvalue weighted by molar-refractivity contribution is -0.138. The van der Waals surface area contributed by atoms with Crippen LogP contribution in [-0.2, 0) is 12.4 Å². The number of aliphatic hydroxyl groups is 1. The molecule has 0 bridgehead atoms. The van der Waals surface area contributed by atoms with Gasteiger partial charge in [-0.25, -0.2) is 0 Å². The van der Waals surface area contributed by atoms with Crippen molar-refractivity contribution in [3.05, 3.63) is 116 Å². The van der Waals surface area contributed by atoms with E-state index in [0.717, 1.165) is 42.5 Å². The lowest BCUT2D eigenvalue weighted by atomic mass is 9.69. The standard InChI is InChI=1S/C37H14F6N8O/c38-36(39,40)32-8-20(1-3-22(32)13-46)29-7-25(15-48)28-10-27(24(5-19(11-44)12-45)6-30(28)34(29)26(16-49)17-50)31(18-51)35(52)21-2-4-23(14-47)33(9-21)37(41,42)43/h1-10,25-26,34,52H/b35-31-. The molecule has 2 atom stereocenters. The highest BCUT2D eigenvalue weighted by atomic mass is 19.4. The number of nitriles is 8. The van der Waals surface area contributed by atoms with Gasteiger partial charge in [-0.15, -0.1) is 0 Å². The van der Waals surface area contributed by atoms with E-state index >= 15 is 0 Å². The second kappa shape index (κ2) is 14.3. The highest BCUT2D eigenvalue weighted by Crippen LogP contribution is 2.49. The van der Waals surface area contributed by atoms with E-state index in [1.165, 1.54) is 18.2 Å². The zero-order valence-electron chi connectivity index (χ0n) is 25.8. The molecular weight excluding hydrogens is 686 g/mol. The number of hydrogen-bond acceptors (Lipinski definition) is 9. The van der Waals surface area contributed by atoms with Crippen LogP contribution in [0.4, 0.5) is 26.3 Å². The Labute approximate surface area is 290 Å². The second-order valence-electron chi connectivity index (χ2n) is 10.9. The first-order chi connectivity index (χ1) is 24.6. The van der Waals surface area contributed by atoms with Gasteiger partial charge in [-0.05, 0) is 70.3 Å². The Morgan fingerprint density at radius 1 is 0.712 bits per heavy atom. The Kier molecular flexibility index (Phi) is 10.2. The molecule has 4 rings (SSSR count). The number of halogens is 6.